The normalized spacial score (nSPS) is 14.4. The Balaban J connectivity index is 1.14. The number of hydroxylamine groups is 1. The number of carbonyl (C=O) groups is 2. The zero-order valence-electron chi connectivity index (χ0n) is 34.0. The highest BCUT2D eigenvalue weighted by Gasteiger charge is 2.23. The lowest BCUT2D eigenvalue weighted by Gasteiger charge is -2.24. The molecule has 312 valence electrons. The number of nitrogens with one attached hydrogen (secondary N) is 6. The Labute approximate surface area is 344 Å². The number of fused-ring (bicyclic) bond motifs is 1. The molecule has 1 fully saturated rings. The first-order valence-corrected chi connectivity index (χ1v) is 21.1. The number of benzene rings is 4. The molecule has 0 spiro atoms. The van der Waals surface area contributed by atoms with Gasteiger partial charge < -0.3 is 40.3 Å². The van der Waals surface area contributed by atoms with Crippen LogP contribution in [0.15, 0.2) is 85.1 Å². The van der Waals surface area contributed by atoms with Crippen molar-refractivity contribution in [3.05, 3.63) is 96.2 Å². The van der Waals surface area contributed by atoms with Crippen molar-refractivity contribution in [1.29, 1.82) is 0 Å². The third-order valence-electron chi connectivity index (χ3n) is 9.68. The van der Waals surface area contributed by atoms with Crippen LogP contribution >= 0.6 is 0 Å². The van der Waals surface area contributed by atoms with E-state index in [0.717, 1.165) is 48.4 Å². The summed E-state index contributed by atoms with van der Waals surface area (Å²) in [6.45, 7) is 7.96. The van der Waals surface area contributed by atoms with Crippen molar-refractivity contribution in [1.82, 2.24) is 15.8 Å². The van der Waals surface area contributed by atoms with Gasteiger partial charge in [0.15, 0.2) is 5.75 Å². The molecule has 0 saturated carbocycles. The maximum atomic E-state index is 13.5. The third kappa shape index (κ3) is 11.3. The summed E-state index contributed by atoms with van der Waals surface area (Å²) in [6.07, 6.45) is 5.57. The smallest absolute Gasteiger partial charge is 0.323 e. The number of pyridine rings is 1. The van der Waals surface area contributed by atoms with Crippen molar-refractivity contribution < 1.29 is 37.1 Å². The first-order valence-electron chi connectivity index (χ1n) is 19.2. The Kier molecular flexibility index (Phi) is 13.4. The lowest BCUT2D eigenvalue weighted by molar-refractivity contribution is 0.0489. The maximum absolute atomic E-state index is 13.5. The van der Waals surface area contributed by atoms with Gasteiger partial charge in [-0.15, -0.1) is 0 Å². The van der Waals surface area contributed by atoms with Crippen molar-refractivity contribution >= 4 is 61.3 Å². The number of nitrogens with zero attached hydrogens (tertiary/aromatic N) is 1. The van der Waals surface area contributed by atoms with Crippen LogP contribution in [-0.2, 0) is 20.3 Å². The monoisotopic (exact) mass is 825 g/mol. The van der Waals surface area contributed by atoms with E-state index in [9.17, 15) is 18.0 Å². The van der Waals surface area contributed by atoms with Gasteiger partial charge in [-0.25, -0.2) is 23.7 Å². The summed E-state index contributed by atoms with van der Waals surface area (Å²) in [5, 5.41) is 13.5. The summed E-state index contributed by atoms with van der Waals surface area (Å²) >= 11 is 0. The topological polar surface area (TPSA) is 190 Å². The quantitative estimate of drug-likeness (QED) is 0.0634. The average molecular weight is 826 g/mol. The number of carbonyl (C=O) groups excluding carboxylic acids is 2. The molecular formula is C43H51N7O8S. The summed E-state index contributed by atoms with van der Waals surface area (Å²) in [5.41, 5.74) is 5.50. The second-order valence-electron chi connectivity index (χ2n) is 15.2. The van der Waals surface area contributed by atoms with Gasteiger partial charge in [0.25, 0.3) is 5.91 Å². The zero-order chi connectivity index (χ0) is 42.2. The number of anilines is 5. The van der Waals surface area contributed by atoms with Crippen LogP contribution in [0.5, 0.6) is 23.0 Å². The molecule has 2 heterocycles. The molecule has 59 heavy (non-hydrogen) atoms. The van der Waals surface area contributed by atoms with Gasteiger partial charge in [-0.05, 0) is 78.6 Å². The molecule has 1 atom stereocenters. The minimum absolute atomic E-state index is 0.169. The Morgan fingerprint density at radius 3 is 2.41 bits per heavy atom. The van der Waals surface area contributed by atoms with E-state index in [1.807, 2.05) is 45.0 Å². The molecule has 4 aromatic carbocycles. The average Bonchev–Trinajstić information content (AvgIpc) is 3.47. The predicted octanol–water partition coefficient (Wildman–Crippen LogP) is 8.15. The number of hydrogen-bond acceptors (Lipinski definition) is 11. The molecular weight excluding hydrogens is 775 g/mol. The van der Waals surface area contributed by atoms with Crippen LogP contribution in [0, 0.1) is 5.92 Å². The molecule has 3 amide bonds. The van der Waals surface area contributed by atoms with Gasteiger partial charge in [0, 0.05) is 47.9 Å². The van der Waals surface area contributed by atoms with E-state index in [2.05, 4.69) is 36.5 Å². The summed E-state index contributed by atoms with van der Waals surface area (Å²) in [7, 11) is -0.714. The van der Waals surface area contributed by atoms with Crippen molar-refractivity contribution in [2.75, 3.05) is 60.8 Å². The molecule has 1 saturated heterocycles. The second-order valence-corrected chi connectivity index (χ2v) is 17.0. The second kappa shape index (κ2) is 18.7. The number of rotatable bonds is 14. The van der Waals surface area contributed by atoms with Crippen LogP contribution in [0.25, 0.3) is 10.8 Å². The Morgan fingerprint density at radius 2 is 1.66 bits per heavy atom. The number of ether oxygens (including phenoxy) is 3. The van der Waals surface area contributed by atoms with Crippen LogP contribution in [0.3, 0.4) is 0 Å². The Bertz CT molecular complexity index is 2410. The number of methoxy groups -OCH3 is 2. The number of urea groups is 1. The minimum Gasteiger partial charge on any atom is -0.496 e. The standard InChI is InChI=1S/C43H51N7O8S/c1-43(2,3)28-22-35(40(56-5)36(23-28)50-59(6,53)54)49-42(52)48-34-15-16-37(32-12-8-7-11-31(32)34)58-30-18-20-44-39(25-30)47-29-13-14-33(38(24-29)55-4)41(51)45-19-17-27-10-9-21-57-46-26-27/h7-8,11-16,18,20,22-25,27,46,50H,9-10,17,19,21,26H2,1-6H3,(H,44,47)(H,45,51)(H2,48,49,52). The van der Waals surface area contributed by atoms with Crippen LogP contribution in [0.1, 0.15) is 56.0 Å². The van der Waals surface area contributed by atoms with E-state index >= 15 is 0 Å². The highest BCUT2D eigenvalue weighted by atomic mass is 32.2. The number of hydrogen-bond donors (Lipinski definition) is 6. The van der Waals surface area contributed by atoms with E-state index in [1.165, 1.54) is 14.2 Å². The molecule has 1 aliphatic rings. The van der Waals surface area contributed by atoms with Crippen LogP contribution in [0.4, 0.5) is 33.4 Å². The van der Waals surface area contributed by atoms with Crippen LogP contribution < -0.4 is 45.7 Å². The molecule has 1 aromatic heterocycles. The van der Waals surface area contributed by atoms with Crippen molar-refractivity contribution in [3.8, 4) is 23.0 Å². The van der Waals surface area contributed by atoms with Gasteiger partial charge >= 0.3 is 6.03 Å². The third-order valence-corrected chi connectivity index (χ3v) is 10.3. The molecule has 6 rings (SSSR count). The molecule has 16 heteroatoms. The van der Waals surface area contributed by atoms with Crippen molar-refractivity contribution in [2.24, 2.45) is 5.92 Å². The molecule has 1 unspecified atom stereocenters. The lowest BCUT2D eigenvalue weighted by atomic mass is 9.86. The van der Waals surface area contributed by atoms with E-state index < -0.39 is 16.1 Å². The summed E-state index contributed by atoms with van der Waals surface area (Å²) in [4.78, 5) is 36.3. The minimum atomic E-state index is -3.64. The van der Waals surface area contributed by atoms with Gasteiger partial charge in [-0.3, -0.25) is 9.52 Å². The zero-order valence-corrected chi connectivity index (χ0v) is 34.8. The number of sulfonamides is 1. The lowest BCUT2D eigenvalue weighted by Crippen LogP contribution is -2.28. The van der Waals surface area contributed by atoms with Crippen molar-refractivity contribution in [3.63, 3.8) is 0 Å². The van der Waals surface area contributed by atoms with E-state index in [-0.39, 0.29) is 22.8 Å². The maximum Gasteiger partial charge on any atom is 0.323 e. The highest BCUT2D eigenvalue weighted by Crippen LogP contribution is 2.40. The van der Waals surface area contributed by atoms with Crippen molar-refractivity contribution in [2.45, 2.75) is 45.4 Å². The molecule has 1 aliphatic heterocycles. The first-order chi connectivity index (χ1) is 28.2. The van der Waals surface area contributed by atoms with Gasteiger partial charge in [-0.1, -0.05) is 45.0 Å². The Hall–Kier alpha value is -6.10. The van der Waals surface area contributed by atoms with Gasteiger partial charge in [0.2, 0.25) is 10.0 Å². The van der Waals surface area contributed by atoms with Crippen LogP contribution in [-0.4, -0.2) is 65.5 Å². The Morgan fingerprint density at radius 1 is 0.898 bits per heavy atom. The molecule has 0 bridgehead atoms. The largest absolute Gasteiger partial charge is 0.496 e. The highest BCUT2D eigenvalue weighted by molar-refractivity contribution is 7.92. The summed E-state index contributed by atoms with van der Waals surface area (Å²) in [6, 6.07) is 22.6. The van der Waals surface area contributed by atoms with Gasteiger partial charge in [0.05, 0.1) is 49.7 Å². The molecule has 6 N–H and O–H groups in total. The van der Waals surface area contributed by atoms with E-state index in [4.69, 9.17) is 19.0 Å². The first kappa shape index (κ1) is 42.5. The molecule has 0 aliphatic carbocycles. The fourth-order valence-electron chi connectivity index (χ4n) is 6.70. The van der Waals surface area contributed by atoms with Gasteiger partial charge in [-0.2, -0.15) is 0 Å². The molecule has 15 nitrogen and oxygen atoms in total. The fourth-order valence-corrected chi connectivity index (χ4v) is 7.25. The predicted molar refractivity (Wildman–Crippen MR) is 231 cm³/mol. The number of amides is 3. The molecule has 0 radical (unpaired) electrons. The van der Waals surface area contributed by atoms with E-state index in [1.54, 1.807) is 60.8 Å². The number of aromatic nitrogens is 1. The van der Waals surface area contributed by atoms with Crippen LogP contribution in [0.2, 0.25) is 0 Å². The molecule has 5 aromatic rings. The fraction of sp³-hybridized carbons (Fsp3) is 0.326. The van der Waals surface area contributed by atoms with Gasteiger partial charge in [0.1, 0.15) is 23.1 Å². The van der Waals surface area contributed by atoms with E-state index in [0.29, 0.717) is 64.8 Å². The SMILES string of the molecule is COc1cc(Nc2cc(Oc3ccc(NC(=O)Nc4cc(C(C)(C)C)cc(NS(C)(=O)=O)c4OC)c4ccccc34)ccn2)ccc1C(=O)NCCC1CCCONC1. The summed E-state index contributed by atoms with van der Waals surface area (Å²) in [5.74, 6) is 2.37. The summed E-state index contributed by atoms with van der Waals surface area (Å²) < 4.78 is 44.4.